The van der Waals surface area contributed by atoms with E-state index in [4.69, 9.17) is 16.3 Å². The summed E-state index contributed by atoms with van der Waals surface area (Å²) in [7, 11) is 0. The van der Waals surface area contributed by atoms with Gasteiger partial charge >= 0.3 is 0 Å². The molecule has 0 radical (unpaired) electrons. The van der Waals surface area contributed by atoms with Crippen molar-refractivity contribution in [2.45, 2.75) is 25.5 Å². The summed E-state index contributed by atoms with van der Waals surface area (Å²) in [5, 5.41) is 3.80. The van der Waals surface area contributed by atoms with Crippen LogP contribution >= 0.6 is 11.6 Å². The minimum Gasteiger partial charge on any atom is -0.358 e. The zero-order chi connectivity index (χ0) is 15.6. The largest absolute Gasteiger partial charge is 0.358 e. The predicted octanol–water partition coefficient (Wildman–Crippen LogP) is 4.53. The number of para-hydroxylation sites is 1. The van der Waals surface area contributed by atoms with Crippen LogP contribution in [0, 0.1) is 0 Å². The molecule has 0 saturated carbocycles. The second-order valence-corrected chi connectivity index (χ2v) is 6.02. The smallest absolute Gasteiger partial charge is 0.165 e. The number of benzene rings is 1. The minimum absolute atomic E-state index is 0.00991. The molecule has 6 heteroatoms. The molecule has 0 spiro atoms. The lowest BCUT2D eigenvalue weighted by atomic mass is 10.2. The highest BCUT2D eigenvalue weighted by atomic mass is 35.5. The molecule has 1 N–H and O–H groups in total. The third-order valence-electron chi connectivity index (χ3n) is 4.02. The second-order valence-electron chi connectivity index (χ2n) is 5.63. The van der Waals surface area contributed by atoms with Crippen molar-refractivity contribution in [3.63, 3.8) is 0 Å². The molecule has 5 nitrogen and oxygen atoms in total. The molecule has 3 aromatic rings. The van der Waals surface area contributed by atoms with E-state index in [1.54, 1.807) is 12.4 Å². The summed E-state index contributed by atoms with van der Waals surface area (Å²) in [5.41, 5.74) is 3.38. The Labute approximate surface area is 139 Å². The number of anilines is 2. The van der Waals surface area contributed by atoms with E-state index in [0.717, 1.165) is 48.4 Å². The first-order chi connectivity index (χ1) is 11.3. The Bertz CT molecular complexity index is 812. The van der Waals surface area contributed by atoms with Crippen molar-refractivity contribution in [3.05, 3.63) is 47.9 Å². The van der Waals surface area contributed by atoms with Crippen LogP contribution in [0.2, 0.25) is 5.15 Å². The number of nitrogens with one attached hydrogen (secondary N) is 1. The topological polar surface area (TPSA) is 52.0 Å². The Kier molecular flexibility index (Phi) is 3.89. The summed E-state index contributed by atoms with van der Waals surface area (Å²) in [6, 6.07) is 11.8. The summed E-state index contributed by atoms with van der Waals surface area (Å²) in [5.74, 6) is 0. The van der Waals surface area contributed by atoms with E-state index in [-0.39, 0.29) is 6.23 Å². The van der Waals surface area contributed by atoms with Crippen LogP contribution in [0.5, 0.6) is 0 Å². The highest BCUT2D eigenvalue weighted by Gasteiger charge is 2.20. The summed E-state index contributed by atoms with van der Waals surface area (Å²) in [4.78, 5) is 8.99. The maximum atomic E-state index is 6.22. The number of fused-ring (bicyclic) bond motifs is 1. The van der Waals surface area contributed by atoms with Crippen LogP contribution in [0.4, 0.5) is 11.4 Å². The van der Waals surface area contributed by atoms with Gasteiger partial charge in [-0.05, 0) is 31.4 Å². The summed E-state index contributed by atoms with van der Waals surface area (Å²) in [6.07, 6.45) is 5.02. The number of rotatable bonds is 3. The lowest BCUT2D eigenvalue weighted by Gasteiger charge is -2.23. The highest BCUT2D eigenvalue weighted by Crippen LogP contribution is 2.31. The first-order valence-electron chi connectivity index (χ1n) is 7.78. The molecule has 0 aliphatic carbocycles. The van der Waals surface area contributed by atoms with Crippen LogP contribution in [-0.2, 0) is 4.74 Å². The first-order valence-corrected chi connectivity index (χ1v) is 8.16. The quantitative estimate of drug-likeness (QED) is 0.718. The van der Waals surface area contributed by atoms with Crippen LogP contribution in [0.1, 0.15) is 25.5 Å². The van der Waals surface area contributed by atoms with Gasteiger partial charge in [-0.2, -0.15) is 0 Å². The molecule has 23 heavy (non-hydrogen) atoms. The molecule has 3 heterocycles. The zero-order valence-electron chi connectivity index (χ0n) is 12.6. The Morgan fingerprint density at radius 2 is 2.09 bits per heavy atom. The standard InChI is InChI=1S/C17H17ClN4O/c18-14-10-13(20-12-6-2-1-3-7-12)16-17(21-14)22(11-19-16)15-8-4-5-9-23-15/h1-3,6-7,10-11,15H,4-5,8-9H2,(H,20,21). The van der Waals surface area contributed by atoms with Gasteiger partial charge in [0.1, 0.15) is 16.9 Å². The van der Waals surface area contributed by atoms with Gasteiger partial charge in [0.15, 0.2) is 5.65 Å². The Balaban J connectivity index is 1.75. The molecule has 1 fully saturated rings. The number of imidazole rings is 1. The third kappa shape index (κ3) is 2.90. The van der Waals surface area contributed by atoms with Crippen molar-refractivity contribution in [1.82, 2.24) is 14.5 Å². The van der Waals surface area contributed by atoms with E-state index in [0.29, 0.717) is 5.15 Å². The number of aromatic nitrogens is 3. The summed E-state index contributed by atoms with van der Waals surface area (Å²) >= 11 is 6.22. The van der Waals surface area contributed by atoms with Crippen molar-refractivity contribution in [2.75, 3.05) is 11.9 Å². The maximum absolute atomic E-state index is 6.22. The fraction of sp³-hybridized carbons (Fsp3) is 0.294. The molecular formula is C17H17ClN4O. The Morgan fingerprint density at radius 3 is 2.87 bits per heavy atom. The average Bonchev–Trinajstić information content (AvgIpc) is 3.00. The highest BCUT2D eigenvalue weighted by molar-refractivity contribution is 6.30. The predicted molar refractivity (Wildman–Crippen MR) is 91.1 cm³/mol. The van der Waals surface area contributed by atoms with Gasteiger partial charge in [0.25, 0.3) is 0 Å². The molecule has 1 unspecified atom stereocenters. The van der Waals surface area contributed by atoms with Gasteiger partial charge in [0.05, 0.1) is 12.0 Å². The number of hydrogen-bond donors (Lipinski definition) is 1. The van der Waals surface area contributed by atoms with E-state index < -0.39 is 0 Å². The van der Waals surface area contributed by atoms with E-state index in [1.807, 2.05) is 34.9 Å². The Morgan fingerprint density at radius 1 is 1.22 bits per heavy atom. The van der Waals surface area contributed by atoms with Gasteiger partial charge in [-0.15, -0.1) is 0 Å². The van der Waals surface area contributed by atoms with Crippen molar-refractivity contribution in [1.29, 1.82) is 0 Å². The molecule has 0 bridgehead atoms. The maximum Gasteiger partial charge on any atom is 0.165 e. The molecular weight excluding hydrogens is 312 g/mol. The SMILES string of the molecule is Clc1cc(Nc2ccccc2)c2ncn(C3CCCCO3)c2n1. The lowest BCUT2D eigenvalue weighted by molar-refractivity contribution is -0.0298. The number of nitrogens with zero attached hydrogens (tertiary/aromatic N) is 3. The molecule has 2 aromatic heterocycles. The van der Waals surface area contributed by atoms with Gasteiger partial charge in [-0.1, -0.05) is 29.8 Å². The van der Waals surface area contributed by atoms with E-state index in [1.165, 1.54) is 0 Å². The molecule has 1 atom stereocenters. The second kappa shape index (κ2) is 6.18. The molecule has 4 rings (SSSR count). The van der Waals surface area contributed by atoms with Crippen LogP contribution in [-0.4, -0.2) is 21.1 Å². The first kappa shape index (κ1) is 14.5. The molecule has 0 amide bonds. The number of hydrogen-bond acceptors (Lipinski definition) is 4. The van der Waals surface area contributed by atoms with Gasteiger partial charge in [-0.25, -0.2) is 9.97 Å². The van der Waals surface area contributed by atoms with Crippen LogP contribution < -0.4 is 5.32 Å². The zero-order valence-corrected chi connectivity index (χ0v) is 13.3. The molecule has 1 aromatic carbocycles. The van der Waals surface area contributed by atoms with E-state index in [2.05, 4.69) is 15.3 Å². The molecule has 1 saturated heterocycles. The minimum atomic E-state index is -0.00991. The van der Waals surface area contributed by atoms with Gasteiger partial charge in [0, 0.05) is 18.4 Å². The summed E-state index contributed by atoms with van der Waals surface area (Å²) < 4.78 is 7.83. The van der Waals surface area contributed by atoms with Gasteiger partial charge in [-0.3, -0.25) is 4.57 Å². The van der Waals surface area contributed by atoms with Crippen molar-refractivity contribution in [3.8, 4) is 0 Å². The number of pyridine rings is 1. The molecule has 1 aliphatic rings. The van der Waals surface area contributed by atoms with Crippen LogP contribution in [0.3, 0.4) is 0 Å². The van der Waals surface area contributed by atoms with Gasteiger partial charge < -0.3 is 10.1 Å². The number of ether oxygens (including phenoxy) is 1. The Hall–Kier alpha value is -2.11. The summed E-state index contributed by atoms with van der Waals surface area (Å²) in [6.45, 7) is 0.778. The third-order valence-corrected chi connectivity index (χ3v) is 4.21. The molecule has 1 aliphatic heterocycles. The fourth-order valence-electron chi connectivity index (χ4n) is 2.90. The van der Waals surface area contributed by atoms with E-state index in [9.17, 15) is 0 Å². The number of halogens is 1. The van der Waals surface area contributed by atoms with Crippen molar-refractivity contribution >= 4 is 34.1 Å². The molecule has 118 valence electrons. The average molecular weight is 329 g/mol. The normalized spacial score (nSPS) is 18.2. The van der Waals surface area contributed by atoms with Crippen molar-refractivity contribution < 1.29 is 4.74 Å². The lowest BCUT2D eigenvalue weighted by Crippen LogP contribution is -2.17. The van der Waals surface area contributed by atoms with Crippen molar-refractivity contribution in [2.24, 2.45) is 0 Å². The monoisotopic (exact) mass is 328 g/mol. The fourth-order valence-corrected chi connectivity index (χ4v) is 3.09. The van der Waals surface area contributed by atoms with Crippen LogP contribution in [0.25, 0.3) is 11.2 Å². The van der Waals surface area contributed by atoms with Crippen LogP contribution in [0.15, 0.2) is 42.7 Å². The van der Waals surface area contributed by atoms with Gasteiger partial charge in [0.2, 0.25) is 0 Å². The van der Waals surface area contributed by atoms with E-state index >= 15 is 0 Å².